The van der Waals surface area contributed by atoms with Gasteiger partial charge in [0.1, 0.15) is 11.8 Å². The fourth-order valence-corrected chi connectivity index (χ4v) is 6.03. The molecule has 1 saturated carbocycles. The predicted molar refractivity (Wildman–Crippen MR) is 152 cm³/mol. The Morgan fingerprint density at radius 2 is 1.61 bits per heavy atom. The summed E-state index contributed by atoms with van der Waals surface area (Å²) in [4.78, 5) is 13.1. The Bertz CT molecular complexity index is 1170. The first-order valence-corrected chi connectivity index (χ1v) is 13.9. The monoisotopic (exact) mass is 497 g/mol. The third-order valence-electron chi connectivity index (χ3n) is 7.29. The van der Waals surface area contributed by atoms with Crippen molar-refractivity contribution in [2.24, 2.45) is 0 Å². The summed E-state index contributed by atoms with van der Waals surface area (Å²) >= 11 is 1.78. The molecule has 1 aliphatic carbocycles. The van der Waals surface area contributed by atoms with Gasteiger partial charge in [0.05, 0.1) is 0 Å². The largest absolute Gasteiger partial charge is 0.381 e. The molecule has 3 aromatic rings. The number of carbonyl (C=O) groups excluding carboxylic acids is 1. The van der Waals surface area contributed by atoms with E-state index in [1.165, 1.54) is 54.4 Å². The number of benzene rings is 3. The van der Waals surface area contributed by atoms with Gasteiger partial charge in [-0.25, -0.2) is 0 Å². The molecular weight excluding hydrogens is 462 g/mol. The van der Waals surface area contributed by atoms with E-state index in [1.807, 2.05) is 24.3 Å². The zero-order valence-electron chi connectivity index (χ0n) is 21.0. The molecule has 0 spiro atoms. The van der Waals surface area contributed by atoms with Crippen molar-refractivity contribution in [3.8, 4) is 0 Å². The quantitative estimate of drug-likeness (QED) is 0.306. The predicted octanol–water partition coefficient (Wildman–Crippen LogP) is 7.21. The van der Waals surface area contributed by atoms with E-state index in [4.69, 9.17) is 0 Å². The maximum absolute atomic E-state index is 10.9. The molecule has 0 saturated heterocycles. The van der Waals surface area contributed by atoms with Crippen LogP contribution in [0, 0.1) is 0 Å². The van der Waals surface area contributed by atoms with E-state index < -0.39 is 0 Å². The van der Waals surface area contributed by atoms with E-state index in [9.17, 15) is 4.79 Å². The topological polar surface area (TPSA) is 44.4 Å². The van der Waals surface area contributed by atoms with Gasteiger partial charge in [0.25, 0.3) is 0 Å². The van der Waals surface area contributed by atoms with Crippen LogP contribution >= 0.6 is 11.8 Å². The van der Waals surface area contributed by atoms with Gasteiger partial charge >= 0.3 is 0 Å². The average Bonchev–Trinajstić information content (AvgIpc) is 3.44. The minimum absolute atomic E-state index is 0.181. The molecule has 1 heterocycles. The van der Waals surface area contributed by atoms with Crippen molar-refractivity contribution in [1.29, 1.82) is 0 Å². The van der Waals surface area contributed by atoms with E-state index in [1.54, 1.807) is 11.8 Å². The molecule has 0 amide bonds. The van der Waals surface area contributed by atoms with E-state index >= 15 is 0 Å². The van der Waals surface area contributed by atoms with Crippen LogP contribution in [0.4, 0.5) is 5.69 Å². The van der Waals surface area contributed by atoms with E-state index in [0.717, 1.165) is 36.7 Å². The van der Waals surface area contributed by atoms with Gasteiger partial charge in [-0.3, -0.25) is 9.69 Å². The molecule has 5 rings (SSSR count). The second-order valence-corrected chi connectivity index (χ2v) is 10.9. The second kappa shape index (κ2) is 11.8. The standard InChI is InChI=1S/C31H35N3OS/c1-34(20-24-7-9-25(21-35)10-8-24)31-33-30(22-36-31)28-15-17-29(18-16-28)32-19-23-11-13-27(14-12-23)26-5-3-2-4-6-26/h7-18,21-22,26,31-33H,2-6,19-20H2,1H3. The fourth-order valence-electron chi connectivity index (χ4n) is 5.09. The zero-order chi connectivity index (χ0) is 24.7. The van der Waals surface area contributed by atoms with Gasteiger partial charge in [-0.15, -0.1) is 0 Å². The summed E-state index contributed by atoms with van der Waals surface area (Å²) in [6.07, 6.45) is 7.74. The van der Waals surface area contributed by atoms with Crippen molar-refractivity contribution in [2.75, 3.05) is 12.4 Å². The minimum atomic E-state index is 0.181. The molecule has 1 unspecified atom stereocenters. The second-order valence-electron chi connectivity index (χ2n) is 9.95. The number of anilines is 1. The highest BCUT2D eigenvalue weighted by atomic mass is 32.2. The Balaban J connectivity index is 1.10. The van der Waals surface area contributed by atoms with Crippen LogP contribution in [0.2, 0.25) is 0 Å². The van der Waals surface area contributed by atoms with E-state index in [-0.39, 0.29) is 5.50 Å². The minimum Gasteiger partial charge on any atom is -0.381 e. The Labute approximate surface area is 219 Å². The number of carbonyl (C=O) groups is 1. The van der Waals surface area contributed by atoms with Gasteiger partial charge in [-0.2, -0.15) is 0 Å². The third kappa shape index (κ3) is 6.21. The van der Waals surface area contributed by atoms with Crippen molar-refractivity contribution in [3.63, 3.8) is 0 Å². The average molecular weight is 498 g/mol. The molecule has 1 aliphatic heterocycles. The highest BCUT2D eigenvalue weighted by molar-refractivity contribution is 8.03. The Kier molecular flexibility index (Phi) is 8.09. The van der Waals surface area contributed by atoms with Gasteiger partial charge in [-0.05, 0) is 65.6 Å². The van der Waals surface area contributed by atoms with Crippen molar-refractivity contribution in [1.82, 2.24) is 10.2 Å². The summed E-state index contributed by atoms with van der Waals surface area (Å²) in [6.45, 7) is 1.65. The van der Waals surface area contributed by atoms with Crippen LogP contribution in [-0.4, -0.2) is 23.7 Å². The molecule has 0 radical (unpaired) electrons. The third-order valence-corrected chi connectivity index (χ3v) is 8.40. The summed E-state index contributed by atoms with van der Waals surface area (Å²) < 4.78 is 0. The van der Waals surface area contributed by atoms with Crippen LogP contribution in [-0.2, 0) is 13.1 Å². The lowest BCUT2D eigenvalue weighted by molar-refractivity contribution is 0.112. The number of aldehydes is 1. The molecule has 186 valence electrons. The summed E-state index contributed by atoms with van der Waals surface area (Å²) in [6, 6.07) is 25.7. The number of nitrogens with one attached hydrogen (secondary N) is 2. The van der Waals surface area contributed by atoms with Crippen LogP contribution in [0.25, 0.3) is 5.70 Å². The van der Waals surface area contributed by atoms with Crippen molar-refractivity contribution < 1.29 is 4.79 Å². The van der Waals surface area contributed by atoms with Gasteiger partial charge in [0.2, 0.25) is 0 Å². The van der Waals surface area contributed by atoms with E-state index in [2.05, 4.69) is 76.5 Å². The molecule has 0 aromatic heterocycles. The lowest BCUT2D eigenvalue weighted by Crippen LogP contribution is -2.36. The first kappa shape index (κ1) is 24.7. The van der Waals surface area contributed by atoms with Crippen LogP contribution in [0.5, 0.6) is 0 Å². The van der Waals surface area contributed by atoms with Gasteiger partial charge in [0, 0.05) is 30.0 Å². The number of hydrogen-bond acceptors (Lipinski definition) is 5. The molecule has 1 fully saturated rings. The van der Waals surface area contributed by atoms with Crippen LogP contribution in [0.1, 0.15) is 70.6 Å². The highest BCUT2D eigenvalue weighted by Gasteiger charge is 2.22. The molecule has 36 heavy (non-hydrogen) atoms. The van der Waals surface area contributed by atoms with Gasteiger partial charge in [-0.1, -0.05) is 91.7 Å². The van der Waals surface area contributed by atoms with Crippen molar-refractivity contribution in [3.05, 3.63) is 106 Å². The smallest absolute Gasteiger partial charge is 0.150 e. The van der Waals surface area contributed by atoms with Gasteiger partial charge in [0.15, 0.2) is 0 Å². The lowest BCUT2D eigenvalue weighted by atomic mass is 9.84. The molecule has 2 aliphatic rings. The van der Waals surface area contributed by atoms with Crippen LogP contribution in [0.3, 0.4) is 0 Å². The van der Waals surface area contributed by atoms with Crippen LogP contribution in [0.15, 0.2) is 78.2 Å². The molecule has 2 N–H and O–H groups in total. The Hall–Kier alpha value is -3.02. The molecule has 3 aromatic carbocycles. The SMILES string of the molecule is CN(Cc1ccc(C=O)cc1)C1NC(c2ccc(NCc3ccc(C4CCCCC4)cc3)cc2)=CS1. The first-order chi connectivity index (χ1) is 17.7. The maximum atomic E-state index is 10.9. The molecule has 4 nitrogen and oxygen atoms in total. The summed E-state index contributed by atoms with van der Waals surface area (Å²) in [7, 11) is 2.11. The molecule has 0 bridgehead atoms. The highest BCUT2D eigenvalue weighted by Crippen LogP contribution is 2.33. The maximum Gasteiger partial charge on any atom is 0.150 e. The summed E-state index contributed by atoms with van der Waals surface area (Å²) in [5.74, 6) is 0.763. The molecular formula is C31H35N3OS. The number of thioether (sulfide) groups is 1. The van der Waals surface area contributed by atoms with Crippen molar-refractivity contribution >= 4 is 29.4 Å². The first-order valence-electron chi connectivity index (χ1n) is 13.0. The normalized spacial score (nSPS) is 18.1. The lowest BCUT2D eigenvalue weighted by Gasteiger charge is -2.25. The number of nitrogens with zero attached hydrogens (tertiary/aromatic N) is 1. The summed E-state index contributed by atoms with van der Waals surface area (Å²) in [5.41, 5.74) is 8.39. The number of hydrogen-bond donors (Lipinski definition) is 2. The molecule has 1 atom stereocenters. The van der Waals surface area contributed by atoms with E-state index in [0.29, 0.717) is 5.56 Å². The van der Waals surface area contributed by atoms with Gasteiger partial charge < -0.3 is 10.6 Å². The number of rotatable bonds is 9. The summed E-state index contributed by atoms with van der Waals surface area (Å²) in [5, 5.41) is 9.40. The zero-order valence-corrected chi connectivity index (χ0v) is 21.8. The Morgan fingerprint density at radius 1 is 0.917 bits per heavy atom. The van der Waals surface area contributed by atoms with Crippen molar-refractivity contribution in [2.45, 2.75) is 56.6 Å². The van der Waals surface area contributed by atoms with Crippen LogP contribution < -0.4 is 10.6 Å². The molecule has 5 heteroatoms. The Morgan fingerprint density at radius 3 is 2.31 bits per heavy atom. The fraction of sp³-hybridized carbons (Fsp3) is 0.323.